The van der Waals surface area contributed by atoms with Gasteiger partial charge in [-0.1, -0.05) is 0 Å². The minimum atomic E-state index is -5.08. The number of ether oxygens (including phenoxy) is 1. The van der Waals surface area contributed by atoms with E-state index in [0.717, 1.165) is 6.42 Å². The highest BCUT2D eigenvalue weighted by Gasteiger charge is 2.43. The number of nitrogens with zero attached hydrogens (tertiary/aromatic N) is 2. The molecule has 6 atom stereocenters. The highest BCUT2D eigenvalue weighted by atomic mass is 32.1. The molecule has 2 rings (SSSR count). The van der Waals surface area contributed by atoms with Crippen LogP contribution in [0.15, 0.2) is 0 Å². The molecule has 2 heterocycles. The van der Waals surface area contributed by atoms with Gasteiger partial charge < -0.3 is 41.7 Å². The smallest absolute Gasteiger partial charge is 0.480 e. The highest BCUT2D eigenvalue weighted by molar-refractivity contribution is 7.60. The molecule has 0 bridgehead atoms. The van der Waals surface area contributed by atoms with Crippen LogP contribution in [0.5, 0.6) is 0 Å². The molecule has 2 fully saturated rings. The molecule has 2 aliphatic heterocycles. The summed E-state index contributed by atoms with van der Waals surface area (Å²) in [7, 11) is 0. The molecule has 0 aromatic rings. The van der Waals surface area contributed by atoms with Gasteiger partial charge in [0.15, 0.2) is 0 Å². The van der Waals surface area contributed by atoms with Gasteiger partial charge in [0.25, 0.3) is 0 Å². The summed E-state index contributed by atoms with van der Waals surface area (Å²) in [5.74, 6) is -5.11. The molecule has 0 unspecified atom stereocenters. The lowest BCUT2D eigenvalue weighted by atomic mass is 10.0. The predicted molar refractivity (Wildman–Crippen MR) is 247 cm³/mol. The standard InChI is InChI=1S/C18H33N3O5.C13H25N3O3.C2HF3O2.6H2S/c1-11(19-16(25)26-18(5,6)7)13(14(22)20-17(2,3)4)21-10-8-9-12(21)15(23)24;1-8(14)10(11(17)15-13(2,3)4)16-7-5-6-9(16)12(18)19;3-2(4,5)1(6)7;;;;;;/h11-13H,8-10H2,1-7H3,(H,19,25)(H,20,22)(H,23,24);8-10H,5-7,14H2,1-4H3,(H,15,17)(H,18,19);(H,6,7);6*1H2/t11-,12-,13-;8-,9-,10-;;;;;;;/m00......./s1. The van der Waals surface area contributed by atoms with E-state index in [1.807, 2.05) is 41.5 Å². The molecule has 3 amide bonds. The normalized spacial score (nSPS) is 18.6. The number of carboxylic acid groups (broad SMARTS) is 3. The number of alkyl carbamates (subject to hydrolysis) is 1. The number of alkyl halides is 3. The molecule has 0 aliphatic carbocycles. The average molecular weight is 961 g/mol. The first-order chi connectivity index (χ1) is 23.3. The number of nitrogens with one attached hydrogen (secondary N) is 3. The Bertz CT molecular complexity index is 1270. The Balaban J connectivity index is -0.000000145. The van der Waals surface area contributed by atoms with Gasteiger partial charge in [-0.05, 0) is 115 Å². The van der Waals surface area contributed by atoms with Crippen molar-refractivity contribution in [3.8, 4) is 0 Å². The van der Waals surface area contributed by atoms with Gasteiger partial charge in [-0.2, -0.15) is 94.1 Å². The second kappa shape index (κ2) is 29.6. The summed E-state index contributed by atoms with van der Waals surface area (Å²) in [5, 5.41) is 34.3. The highest BCUT2D eigenvalue weighted by Crippen LogP contribution is 2.24. The molecule has 58 heavy (non-hydrogen) atoms. The van der Waals surface area contributed by atoms with Crippen LogP contribution in [-0.2, 0) is 28.7 Å². The van der Waals surface area contributed by atoms with Crippen LogP contribution in [-0.4, -0.2) is 133 Å². The SMILES string of the molecule is C[C@H](N)[C@@H](C(=O)NC(C)(C)C)N1CCC[C@H]1C(=O)O.C[C@H](NC(=O)OC(C)(C)C)[C@@H](C(=O)NC(C)(C)C)N1CCC[C@H]1C(=O)O.O=C(O)C(F)(F)F.S.S.S.S.S.S. The van der Waals surface area contributed by atoms with E-state index in [4.69, 9.17) is 20.4 Å². The minimum Gasteiger partial charge on any atom is -0.480 e. The van der Waals surface area contributed by atoms with Crippen LogP contribution in [0.1, 0.15) is 102 Å². The first-order valence-electron chi connectivity index (χ1n) is 17.0. The van der Waals surface area contributed by atoms with Crippen LogP contribution in [0.25, 0.3) is 0 Å². The van der Waals surface area contributed by atoms with Crippen molar-refractivity contribution in [3.05, 3.63) is 0 Å². The number of likely N-dealkylation sites (tertiary alicyclic amines) is 2. The second-order valence-electron chi connectivity index (χ2n) is 15.9. The van der Waals surface area contributed by atoms with E-state index in [9.17, 15) is 47.4 Å². The maximum absolute atomic E-state index is 12.9. The molecule has 2 aliphatic rings. The number of nitrogens with two attached hydrogens (primary N) is 1. The Kier molecular flexibility index (Phi) is 36.2. The Hall–Kier alpha value is -1.61. The van der Waals surface area contributed by atoms with E-state index >= 15 is 0 Å². The largest absolute Gasteiger partial charge is 0.490 e. The summed E-state index contributed by atoms with van der Waals surface area (Å²) in [5.41, 5.74) is 4.41. The predicted octanol–water partition coefficient (Wildman–Crippen LogP) is 3.21. The van der Waals surface area contributed by atoms with Gasteiger partial charge in [0.05, 0.1) is 6.04 Å². The van der Waals surface area contributed by atoms with Crippen LogP contribution in [0.2, 0.25) is 0 Å². The number of carboxylic acids is 3. The monoisotopic (exact) mass is 960 g/mol. The summed E-state index contributed by atoms with van der Waals surface area (Å²) < 4.78 is 37.0. The fourth-order valence-corrected chi connectivity index (χ4v) is 5.59. The summed E-state index contributed by atoms with van der Waals surface area (Å²) in [6, 6.07) is -3.78. The molecule has 16 nitrogen and oxygen atoms in total. The van der Waals surface area contributed by atoms with Crippen LogP contribution >= 0.6 is 81.0 Å². The number of hydrogen-bond donors (Lipinski definition) is 7. The molecule has 350 valence electrons. The summed E-state index contributed by atoms with van der Waals surface area (Å²) in [4.78, 5) is 72.4. The topological polar surface area (TPSA) is 241 Å². The van der Waals surface area contributed by atoms with Gasteiger partial charge in [0.2, 0.25) is 11.8 Å². The van der Waals surface area contributed by atoms with Crippen molar-refractivity contribution in [2.24, 2.45) is 5.73 Å². The lowest BCUT2D eigenvalue weighted by Gasteiger charge is -2.36. The van der Waals surface area contributed by atoms with Crippen molar-refractivity contribution in [2.45, 2.75) is 161 Å². The fourth-order valence-electron chi connectivity index (χ4n) is 5.59. The number of aliphatic carboxylic acids is 3. The zero-order valence-corrected chi connectivity index (χ0v) is 41.0. The van der Waals surface area contributed by atoms with E-state index in [-0.39, 0.29) is 98.3 Å². The van der Waals surface area contributed by atoms with Crippen molar-refractivity contribution < 1.29 is 62.0 Å². The molecule has 8 N–H and O–H groups in total. The Morgan fingerprint density at radius 1 is 0.655 bits per heavy atom. The van der Waals surface area contributed by atoms with E-state index < -0.39 is 77.6 Å². The summed E-state index contributed by atoms with van der Waals surface area (Å²) in [6.45, 7) is 21.0. The van der Waals surface area contributed by atoms with E-state index in [1.165, 1.54) is 0 Å². The van der Waals surface area contributed by atoms with Crippen molar-refractivity contribution >= 4 is 117 Å². The number of rotatable bonds is 9. The summed E-state index contributed by atoms with van der Waals surface area (Å²) in [6.07, 6.45) is -3.20. The quantitative estimate of drug-likeness (QED) is 0.176. The molecule has 2 saturated heterocycles. The van der Waals surface area contributed by atoms with Gasteiger partial charge in [-0.3, -0.25) is 29.0 Å². The second-order valence-corrected chi connectivity index (χ2v) is 15.9. The first kappa shape index (κ1) is 70.9. The van der Waals surface area contributed by atoms with Gasteiger partial charge >= 0.3 is 30.2 Å². The molecule has 0 aromatic carbocycles. The molecule has 0 radical (unpaired) electrons. The number of hydrogen-bond acceptors (Lipinski definition) is 10. The summed E-state index contributed by atoms with van der Waals surface area (Å²) >= 11 is 0. The Labute approximate surface area is 382 Å². The molecular weight excluding hydrogens is 890 g/mol. The van der Waals surface area contributed by atoms with Crippen LogP contribution in [0.3, 0.4) is 0 Å². The zero-order chi connectivity index (χ0) is 41.2. The van der Waals surface area contributed by atoms with Crippen molar-refractivity contribution in [1.29, 1.82) is 0 Å². The maximum Gasteiger partial charge on any atom is 0.490 e. The third-order valence-electron chi connectivity index (χ3n) is 7.37. The first-order valence-corrected chi connectivity index (χ1v) is 17.0. The van der Waals surface area contributed by atoms with Gasteiger partial charge in [0, 0.05) is 17.1 Å². The van der Waals surface area contributed by atoms with E-state index in [0.29, 0.717) is 32.4 Å². The van der Waals surface area contributed by atoms with Crippen LogP contribution in [0, 0.1) is 0 Å². The van der Waals surface area contributed by atoms with Gasteiger partial charge in [-0.25, -0.2) is 9.59 Å². The third-order valence-corrected chi connectivity index (χ3v) is 7.37. The molecule has 0 aromatic heterocycles. The molecule has 25 heteroatoms. The third kappa shape index (κ3) is 27.3. The maximum atomic E-state index is 12.9. The minimum absolute atomic E-state index is 0. The number of halogens is 3. The average Bonchev–Trinajstić information content (AvgIpc) is 3.56. The number of carbonyl (C=O) groups is 6. The molecular formula is C33H71F3N6O10S6. The van der Waals surface area contributed by atoms with Crippen molar-refractivity contribution in [3.63, 3.8) is 0 Å². The van der Waals surface area contributed by atoms with Crippen molar-refractivity contribution in [1.82, 2.24) is 25.8 Å². The van der Waals surface area contributed by atoms with Crippen LogP contribution in [0.4, 0.5) is 18.0 Å². The Morgan fingerprint density at radius 2 is 0.966 bits per heavy atom. The lowest BCUT2D eigenvalue weighted by molar-refractivity contribution is -0.192. The fraction of sp³-hybridized carbons (Fsp3) is 0.818. The van der Waals surface area contributed by atoms with E-state index in [1.54, 1.807) is 44.4 Å². The Morgan fingerprint density at radius 3 is 1.22 bits per heavy atom. The number of carbonyl (C=O) groups excluding carboxylic acids is 3. The number of amides is 3. The zero-order valence-electron chi connectivity index (χ0n) is 35.0. The van der Waals surface area contributed by atoms with Gasteiger partial charge in [0.1, 0.15) is 29.8 Å². The van der Waals surface area contributed by atoms with Crippen molar-refractivity contribution in [2.75, 3.05) is 13.1 Å². The lowest BCUT2D eigenvalue weighted by Crippen LogP contribution is -2.62. The van der Waals surface area contributed by atoms with E-state index in [2.05, 4.69) is 16.0 Å². The van der Waals surface area contributed by atoms with Gasteiger partial charge in [-0.15, -0.1) is 0 Å². The molecule has 0 saturated carbocycles. The van der Waals surface area contributed by atoms with Crippen LogP contribution < -0.4 is 21.7 Å². The molecule has 0 spiro atoms.